The van der Waals surface area contributed by atoms with Crippen LogP contribution >= 0.6 is 0 Å². The molecule has 21 heavy (non-hydrogen) atoms. The zero-order chi connectivity index (χ0) is 15.2. The van der Waals surface area contributed by atoms with Gasteiger partial charge in [0.15, 0.2) is 0 Å². The fraction of sp³-hybridized carbons (Fsp3) is 0.562. The summed E-state index contributed by atoms with van der Waals surface area (Å²) < 4.78 is 13.1. The van der Waals surface area contributed by atoms with E-state index in [0.29, 0.717) is 13.1 Å². The Morgan fingerprint density at radius 3 is 2.76 bits per heavy atom. The normalized spacial score (nSPS) is 21.0. The molecular formula is C16H24FN3O. The van der Waals surface area contributed by atoms with Crippen molar-refractivity contribution in [2.75, 3.05) is 26.2 Å². The highest BCUT2D eigenvalue weighted by atomic mass is 19.1. The van der Waals surface area contributed by atoms with Gasteiger partial charge in [0.1, 0.15) is 11.9 Å². The standard InChI is InChI=1S/C16H24FN3O/c1-3-14(12-5-7-13(17)8-6-12)20-10-9-18-11-15(20)16(21)19-4-2/h5-8,14-15,18H,3-4,9-11H2,1-2H3,(H,19,21). The summed E-state index contributed by atoms with van der Waals surface area (Å²) in [4.78, 5) is 14.5. The van der Waals surface area contributed by atoms with E-state index in [1.807, 2.05) is 19.1 Å². The molecule has 0 aromatic heterocycles. The highest BCUT2D eigenvalue weighted by Crippen LogP contribution is 2.27. The summed E-state index contributed by atoms with van der Waals surface area (Å²) in [6.45, 7) is 7.01. The summed E-state index contributed by atoms with van der Waals surface area (Å²) in [7, 11) is 0. The Balaban J connectivity index is 2.20. The van der Waals surface area contributed by atoms with Gasteiger partial charge in [0.2, 0.25) is 5.91 Å². The van der Waals surface area contributed by atoms with E-state index in [9.17, 15) is 9.18 Å². The van der Waals surface area contributed by atoms with Crippen molar-refractivity contribution in [1.82, 2.24) is 15.5 Å². The lowest BCUT2D eigenvalue weighted by Gasteiger charge is -2.40. The van der Waals surface area contributed by atoms with Crippen LogP contribution < -0.4 is 10.6 Å². The van der Waals surface area contributed by atoms with Crippen LogP contribution in [0.15, 0.2) is 24.3 Å². The van der Waals surface area contributed by atoms with E-state index in [4.69, 9.17) is 0 Å². The third-order valence-corrected chi connectivity index (χ3v) is 3.98. The van der Waals surface area contributed by atoms with E-state index in [0.717, 1.165) is 25.1 Å². The maximum atomic E-state index is 13.1. The minimum absolute atomic E-state index is 0.0604. The van der Waals surface area contributed by atoms with Crippen molar-refractivity contribution < 1.29 is 9.18 Å². The summed E-state index contributed by atoms with van der Waals surface area (Å²) >= 11 is 0. The number of nitrogens with zero attached hydrogens (tertiary/aromatic N) is 1. The SMILES string of the molecule is CCNC(=O)C1CNCCN1C(CC)c1ccc(F)cc1. The van der Waals surface area contributed by atoms with Gasteiger partial charge < -0.3 is 10.6 Å². The molecule has 2 atom stereocenters. The van der Waals surface area contributed by atoms with Gasteiger partial charge in [-0.05, 0) is 31.0 Å². The Labute approximate surface area is 125 Å². The zero-order valence-corrected chi connectivity index (χ0v) is 12.7. The lowest BCUT2D eigenvalue weighted by Crippen LogP contribution is -2.58. The number of halogens is 1. The lowest BCUT2D eigenvalue weighted by molar-refractivity contribution is -0.128. The van der Waals surface area contributed by atoms with Crippen molar-refractivity contribution in [1.29, 1.82) is 0 Å². The van der Waals surface area contributed by atoms with Gasteiger partial charge in [-0.1, -0.05) is 19.1 Å². The van der Waals surface area contributed by atoms with Crippen LogP contribution in [0.1, 0.15) is 31.9 Å². The molecule has 1 aromatic carbocycles. The Morgan fingerprint density at radius 1 is 1.43 bits per heavy atom. The Kier molecular flexibility index (Phi) is 5.70. The number of carbonyl (C=O) groups is 1. The van der Waals surface area contributed by atoms with E-state index in [1.165, 1.54) is 12.1 Å². The molecule has 0 bridgehead atoms. The number of rotatable bonds is 5. The van der Waals surface area contributed by atoms with Crippen LogP contribution in [0.2, 0.25) is 0 Å². The molecule has 1 fully saturated rings. The van der Waals surface area contributed by atoms with Crippen LogP contribution in [0, 0.1) is 5.82 Å². The molecule has 1 heterocycles. The van der Waals surface area contributed by atoms with Crippen molar-refractivity contribution in [2.24, 2.45) is 0 Å². The molecule has 1 aromatic rings. The van der Waals surface area contributed by atoms with E-state index in [2.05, 4.69) is 22.5 Å². The largest absolute Gasteiger partial charge is 0.355 e. The first-order valence-corrected chi connectivity index (χ1v) is 7.67. The van der Waals surface area contributed by atoms with Crippen LogP contribution in [0.25, 0.3) is 0 Å². The molecule has 116 valence electrons. The van der Waals surface area contributed by atoms with Crippen LogP contribution in [0.4, 0.5) is 4.39 Å². The van der Waals surface area contributed by atoms with Gasteiger partial charge in [0.05, 0.1) is 0 Å². The molecule has 0 spiro atoms. The molecule has 0 aliphatic carbocycles. The number of nitrogens with one attached hydrogen (secondary N) is 2. The van der Waals surface area contributed by atoms with Crippen molar-refractivity contribution in [3.63, 3.8) is 0 Å². The maximum Gasteiger partial charge on any atom is 0.238 e. The maximum absolute atomic E-state index is 13.1. The molecule has 1 amide bonds. The Morgan fingerprint density at radius 2 is 2.14 bits per heavy atom. The summed E-state index contributed by atoms with van der Waals surface area (Å²) in [6, 6.07) is 6.58. The molecule has 1 aliphatic heterocycles. The zero-order valence-electron chi connectivity index (χ0n) is 12.7. The number of hydrogen-bond donors (Lipinski definition) is 2. The van der Waals surface area contributed by atoms with E-state index in [-0.39, 0.29) is 23.8 Å². The second kappa shape index (κ2) is 7.52. The summed E-state index contributed by atoms with van der Waals surface area (Å²) in [5.41, 5.74) is 1.06. The van der Waals surface area contributed by atoms with E-state index >= 15 is 0 Å². The minimum atomic E-state index is -0.228. The van der Waals surface area contributed by atoms with Crippen LogP contribution in [0.5, 0.6) is 0 Å². The third-order valence-electron chi connectivity index (χ3n) is 3.98. The molecule has 2 unspecified atom stereocenters. The smallest absolute Gasteiger partial charge is 0.238 e. The summed E-state index contributed by atoms with van der Waals surface area (Å²) in [5.74, 6) is -0.167. The molecular weight excluding hydrogens is 269 g/mol. The van der Waals surface area contributed by atoms with Crippen molar-refractivity contribution in [3.8, 4) is 0 Å². The summed E-state index contributed by atoms with van der Waals surface area (Å²) in [6.07, 6.45) is 0.890. The van der Waals surface area contributed by atoms with E-state index < -0.39 is 0 Å². The highest BCUT2D eigenvalue weighted by molar-refractivity contribution is 5.82. The van der Waals surface area contributed by atoms with Crippen LogP contribution in [-0.4, -0.2) is 43.0 Å². The molecule has 0 saturated carbocycles. The van der Waals surface area contributed by atoms with Gasteiger partial charge in [-0.3, -0.25) is 9.69 Å². The average molecular weight is 293 g/mol. The van der Waals surface area contributed by atoms with Gasteiger partial charge in [0.25, 0.3) is 0 Å². The fourth-order valence-electron chi connectivity index (χ4n) is 2.98. The number of piperazine rings is 1. The Bertz CT molecular complexity index is 463. The van der Waals surface area contributed by atoms with Gasteiger partial charge in [-0.15, -0.1) is 0 Å². The van der Waals surface area contributed by atoms with Crippen LogP contribution in [0.3, 0.4) is 0 Å². The van der Waals surface area contributed by atoms with E-state index in [1.54, 1.807) is 0 Å². The Hall–Kier alpha value is -1.46. The molecule has 1 saturated heterocycles. The fourth-order valence-corrected chi connectivity index (χ4v) is 2.98. The number of amides is 1. The first-order chi connectivity index (χ1) is 10.2. The molecule has 4 nitrogen and oxygen atoms in total. The van der Waals surface area contributed by atoms with Crippen molar-refractivity contribution in [3.05, 3.63) is 35.6 Å². The average Bonchev–Trinajstić information content (AvgIpc) is 2.50. The molecule has 2 N–H and O–H groups in total. The second-order valence-electron chi connectivity index (χ2n) is 5.33. The van der Waals surface area contributed by atoms with Gasteiger partial charge >= 0.3 is 0 Å². The number of carbonyl (C=O) groups excluding carboxylic acids is 1. The van der Waals surface area contributed by atoms with Crippen molar-refractivity contribution in [2.45, 2.75) is 32.4 Å². The predicted molar refractivity (Wildman–Crippen MR) is 81.5 cm³/mol. The minimum Gasteiger partial charge on any atom is -0.355 e. The topological polar surface area (TPSA) is 44.4 Å². The first-order valence-electron chi connectivity index (χ1n) is 7.67. The highest BCUT2D eigenvalue weighted by Gasteiger charge is 2.33. The lowest BCUT2D eigenvalue weighted by atomic mass is 9.99. The number of hydrogen-bond acceptors (Lipinski definition) is 3. The number of likely N-dealkylation sites (N-methyl/N-ethyl adjacent to an activating group) is 1. The quantitative estimate of drug-likeness (QED) is 0.868. The first kappa shape index (κ1) is 15.9. The van der Waals surface area contributed by atoms with Crippen molar-refractivity contribution >= 4 is 5.91 Å². The molecule has 2 rings (SSSR count). The third kappa shape index (κ3) is 3.80. The predicted octanol–water partition coefficient (Wildman–Crippen LogP) is 1.69. The van der Waals surface area contributed by atoms with Gasteiger partial charge in [-0.25, -0.2) is 4.39 Å². The number of benzene rings is 1. The van der Waals surface area contributed by atoms with Gasteiger partial charge in [-0.2, -0.15) is 0 Å². The summed E-state index contributed by atoms with van der Waals surface area (Å²) in [5, 5.41) is 6.19. The van der Waals surface area contributed by atoms with Gasteiger partial charge in [0, 0.05) is 32.2 Å². The molecule has 5 heteroatoms. The molecule has 0 radical (unpaired) electrons. The monoisotopic (exact) mass is 293 g/mol. The van der Waals surface area contributed by atoms with Crippen LogP contribution in [-0.2, 0) is 4.79 Å². The molecule has 1 aliphatic rings. The second-order valence-corrected chi connectivity index (χ2v) is 5.33.